The molecule has 0 saturated carbocycles. The summed E-state index contributed by atoms with van der Waals surface area (Å²) in [7, 11) is 0. The number of hydrogen-bond acceptors (Lipinski definition) is 10. The van der Waals surface area contributed by atoms with Gasteiger partial charge in [0, 0.05) is 18.6 Å². The van der Waals surface area contributed by atoms with Crippen LogP contribution < -0.4 is 15.8 Å². The van der Waals surface area contributed by atoms with Crippen LogP contribution >= 0.6 is 0 Å². The molecule has 0 aliphatic heterocycles. The van der Waals surface area contributed by atoms with Crippen molar-refractivity contribution in [3.8, 4) is 5.75 Å². The van der Waals surface area contributed by atoms with E-state index in [1.807, 2.05) is 48.5 Å². The number of benzene rings is 3. The maximum Gasteiger partial charge on any atom is 0.408 e. The first kappa shape index (κ1) is 30.8. The summed E-state index contributed by atoms with van der Waals surface area (Å²) >= 11 is 0. The number of nitrogens with one attached hydrogen (secondary N) is 1. The molecule has 1 aromatic heterocycles. The van der Waals surface area contributed by atoms with Crippen molar-refractivity contribution in [2.45, 2.75) is 44.8 Å². The molecule has 0 aliphatic rings. The molecule has 0 aliphatic carbocycles. The molecule has 4 aromatic rings. The molecule has 1 amide bonds. The van der Waals surface area contributed by atoms with Gasteiger partial charge < -0.3 is 25.0 Å². The van der Waals surface area contributed by atoms with Crippen LogP contribution in [0.5, 0.6) is 5.75 Å². The molecule has 0 fully saturated rings. The fourth-order valence-corrected chi connectivity index (χ4v) is 4.24. The minimum absolute atomic E-state index is 0.0486. The fraction of sp³-hybridized carbons (Fsp3) is 0.290. The number of alkyl carbamates (subject to hydrolysis) is 1. The van der Waals surface area contributed by atoms with E-state index in [4.69, 9.17) is 19.7 Å². The van der Waals surface area contributed by atoms with Gasteiger partial charge in [0.2, 0.25) is 17.5 Å². The Morgan fingerprint density at radius 2 is 1.74 bits per heavy atom. The maximum atomic E-state index is 13.2. The van der Waals surface area contributed by atoms with E-state index in [1.165, 1.54) is 12.1 Å². The topological polar surface area (TPSA) is 173 Å². The van der Waals surface area contributed by atoms with E-state index in [0.717, 1.165) is 16.7 Å². The third kappa shape index (κ3) is 9.75. The lowest BCUT2D eigenvalue weighted by Crippen LogP contribution is -2.41. The highest BCUT2D eigenvalue weighted by atomic mass is 16.6. The standard InChI is InChI=1S/C31H33N5O7/c32-17-5-4-11-27(33-31(38)42-21-24-7-2-1-3-8-24)29(37)30-34-28(43-35-30)20-23-12-14-26(15-13-23)41-18-16-22-9-6-10-25(19-22)36(39)40/h1-3,6-10,12-15,19,27H,4-5,11,16-18,20-21,32H2,(H,33,38). The molecule has 0 saturated heterocycles. The molecule has 1 atom stereocenters. The van der Waals surface area contributed by atoms with E-state index in [1.54, 1.807) is 18.2 Å². The van der Waals surface area contributed by atoms with Crippen molar-refractivity contribution in [3.63, 3.8) is 0 Å². The Labute approximate surface area is 248 Å². The second kappa shape index (κ2) is 15.8. The summed E-state index contributed by atoms with van der Waals surface area (Å²) in [5.74, 6) is 0.282. The predicted octanol–water partition coefficient (Wildman–Crippen LogP) is 4.80. The van der Waals surface area contributed by atoms with Crippen LogP contribution in [0, 0.1) is 10.1 Å². The van der Waals surface area contributed by atoms with Gasteiger partial charge in [0.25, 0.3) is 5.69 Å². The lowest BCUT2D eigenvalue weighted by molar-refractivity contribution is -0.384. The zero-order chi connectivity index (χ0) is 30.4. The number of non-ortho nitro benzene ring substituents is 1. The molecule has 3 N–H and O–H groups in total. The third-order valence-electron chi connectivity index (χ3n) is 6.52. The second-order valence-electron chi connectivity index (χ2n) is 9.77. The van der Waals surface area contributed by atoms with E-state index in [9.17, 15) is 19.7 Å². The molecule has 3 aromatic carbocycles. The Balaban J connectivity index is 1.29. The molecule has 1 heterocycles. The molecule has 0 spiro atoms. The van der Waals surface area contributed by atoms with Gasteiger partial charge in [-0.15, -0.1) is 0 Å². The van der Waals surface area contributed by atoms with Gasteiger partial charge in [-0.25, -0.2) is 4.79 Å². The van der Waals surface area contributed by atoms with Crippen LogP contribution in [0.25, 0.3) is 0 Å². The summed E-state index contributed by atoms with van der Waals surface area (Å²) in [6.07, 6.45) is 1.76. The number of ketones is 1. The van der Waals surface area contributed by atoms with E-state index >= 15 is 0 Å². The number of Topliss-reactive ketones (excluding diaryl/α,β-unsaturated/α-hetero) is 1. The normalized spacial score (nSPS) is 11.5. The van der Waals surface area contributed by atoms with Crippen LogP contribution in [0.2, 0.25) is 0 Å². The van der Waals surface area contributed by atoms with Crippen molar-refractivity contribution in [2.75, 3.05) is 13.2 Å². The van der Waals surface area contributed by atoms with Gasteiger partial charge in [0.1, 0.15) is 12.4 Å². The minimum Gasteiger partial charge on any atom is -0.493 e. The Hall–Kier alpha value is -5.10. The number of nitro groups is 1. The largest absolute Gasteiger partial charge is 0.493 e. The number of amides is 1. The van der Waals surface area contributed by atoms with Gasteiger partial charge in [-0.2, -0.15) is 4.98 Å². The molecular weight excluding hydrogens is 554 g/mol. The average molecular weight is 588 g/mol. The summed E-state index contributed by atoms with van der Waals surface area (Å²) in [5, 5.41) is 17.4. The SMILES string of the molecule is NCCCCC(NC(=O)OCc1ccccc1)C(=O)c1noc(Cc2ccc(OCCc3cccc([N+](=O)[O-])c3)cc2)n1. The molecular formula is C31H33N5O7. The summed E-state index contributed by atoms with van der Waals surface area (Å²) < 4.78 is 16.4. The molecule has 12 heteroatoms. The summed E-state index contributed by atoms with van der Waals surface area (Å²) in [6, 6.07) is 22.1. The molecule has 224 valence electrons. The number of nitrogens with two attached hydrogens (primary N) is 1. The molecule has 1 unspecified atom stereocenters. The third-order valence-corrected chi connectivity index (χ3v) is 6.52. The van der Waals surface area contributed by atoms with Gasteiger partial charge in [0.15, 0.2) is 0 Å². The van der Waals surface area contributed by atoms with Gasteiger partial charge in [0.05, 0.1) is 24.0 Å². The first-order valence-corrected chi connectivity index (χ1v) is 13.9. The van der Waals surface area contributed by atoms with E-state index in [2.05, 4.69) is 15.5 Å². The number of aromatic nitrogens is 2. The molecule has 4 rings (SSSR count). The zero-order valence-electron chi connectivity index (χ0n) is 23.5. The molecule has 0 bridgehead atoms. The Bertz CT molecular complexity index is 1490. The van der Waals surface area contributed by atoms with Crippen molar-refractivity contribution in [3.05, 3.63) is 117 Å². The van der Waals surface area contributed by atoms with Crippen molar-refractivity contribution in [1.82, 2.24) is 15.5 Å². The number of hydrogen-bond donors (Lipinski definition) is 2. The van der Waals surface area contributed by atoms with Gasteiger partial charge >= 0.3 is 6.09 Å². The lowest BCUT2D eigenvalue weighted by atomic mass is 10.0. The quantitative estimate of drug-likeness (QED) is 0.0802. The van der Waals surface area contributed by atoms with Gasteiger partial charge in [-0.1, -0.05) is 59.8 Å². The van der Waals surface area contributed by atoms with E-state index < -0.39 is 22.8 Å². The predicted molar refractivity (Wildman–Crippen MR) is 157 cm³/mol. The number of carbonyl (C=O) groups is 2. The first-order chi connectivity index (χ1) is 20.9. The Morgan fingerprint density at radius 1 is 0.977 bits per heavy atom. The van der Waals surface area contributed by atoms with Gasteiger partial charge in [-0.05, 0) is 54.6 Å². The highest BCUT2D eigenvalue weighted by Crippen LogP contribution is 2.17. The van der Waals surface area contributed by atoms with Crippen LogP contribution in [0.3, 0.4) is 0 Å². The number of nitro benzene ring substituents is 1. The van der Waals surface area contributed by atoms with Crippen molar-refractivity contribution in [2.24, 2.45) is 5.73 Å². The highest BCUT2D eigenvalue weighted by molar-refractivity contribution is 5.98. The second-order valence-corrected chi connectivity index (χ2v) is 9.77. The van der Waals surface area contributed by atoms with Crippen LogP contribution in [0.1, 0.15) is 52.5 Å². The average Bonchev–Trinajstić information content (AvgIpc) is 3.49. The monoisotopic (exact) mass is 587 g/mol. The van der Waals surface area contributed by atoms with Crippen LogP contribution in [0.4, 0.5) is 10.5 Å². The van der Waals surface area contributed by atoms with Crippen LogP contribution in [0.15, 0.2) is 83.4 Å². The first-order valence-electron chi connectivity index (χ1n) is 13.9. The number of rotatable bonds is 16. The number of carbonyl (C=O) groups excluding carboxylic acids is 2. The van der Waals surface area contributed by atoms with Crippen molar-refractivity contribution in [1.29, 1.82) is 0 Å². The fourth-order valence-electron chi connectivity index (χ4n) is 4.24. The maximum absolute atomic E-state index is 13.2. The highest BCUT2D eigenvalue weighted by Gasteiger charge is 2.27. The van der Waals surface area contributed by atoms with Gasteiger partial charge in [-0.3, -0.25) is 14.9 Å². The number of ether oxygens (including phenoxy) is 2. The van der Waals surface area contributed by atoms with Crippen LogP contribution in [-0.4, -0.2) is 46.1 Å². The summed E-state index contributed by atoms with van der Waals surface area (Å²) in [5.41, 5.74) is 8.14. The number of nitrogens with zero attached hydrogens (tertiary/aromatic N) is 3. The minimum atomic E-state index is -0.890. The Morgan fingerprint density at radius 3 is 2.49 bits per heavy atom. The van der Waals surface area contributed by atoms with E-state index in [0.29, 0.717) is 51.0 Å². The summed E-state index contributed by atoms with van der Waals surface area (Å²) in [4.78, 5) is 40.4. The van der Waals surface area contributed by atoms with Crippen molar-refractivity contribution >= 4 is 17.6 Å². The lowest BCUT2D eigenvalue weighted by Gasteiger charge is -2.16. The number of unbranched alkanes of at least 4 members (excludes halogenated alkanes) is 1. The molecule has 12 nitrogen and oxygen atoms in total. The zero-order valence-corrected chi connectivity index (χ0v) is 23.5. The molecule has 0 radical (unpaired) electrons. The van der Waals surface area contributed by atoms with Crippen LogP contribution in [-0.2, 0) is 24.2 Å². The smallest absolute Gasteiger partial charge is 0.408 e. The Kier molecular flexibility index (Phi) is 11.3. The molecule has 43 heavy (non-hydrogen) atoms. The van der Waals surface area contributed by atoms with Crippen molar-refractivity contribution < 1.29 is 28.5 Å². The summed E-state index contributed by atoms with van der Waals surface area (Å²) in [6.45, 7) is 0.897. The van der Waals surface area contributed by atoms with E-state index in [-0.39, 0.29) is 24.0 Å².